The van der Waals surface area contributed by atoms with E-state index in [9.17, 15) is 9.90 Å². The highest BCUT2D eigenvalue weighted by molar-refractivity contribution is 5.83. The molecule has 0 aliphatic carbocycles. The minimum atomic E-state index is -0.690. The molecule has 0 bridgehead atoms. The van der Waals surface area contributed by atoms with Crippen molar-refractivity contribution >= 4 is 16.7 Å². The van der Waals surface area contributed by atoms with Crippen molar-refractivity contribution in [3.63, 3.8) is 0 Å². The van der Waals surface area contributed by atoms with E-state index in [4.69, 9.17) is 0 Å². The van der Waals surface area contributed by atoms with E-state index in [0.29, 0.717) is 6.54 Å². The van der Waals surface area contributed by atoms with Crippen molar-refractivity contribution < 1.29 is 9.90 Å². The molecule has 1 fully saturated rings. The molecule has 3 nitrogen and oxygen atoms in total. The Morgan fingerprint density at radius 1 is 1.09 bits per heavy atom. The summed E-state index contributed by atoms with van der Waals surface area (Å²) in [5, 5.41) is 12.0. The number of carboxylic acid groups (broad SMARTS) is 1. The first kappa shape index (κ1) is 15.0. The molecule has 22 heavy (non-hydrogen) atoms. The van der Waals surface area contributed by atoms with Crippen molar-refractivity contribution in [3.8, 4) is 0 Å². The van der Waals surface area contributed by atoms with E-state index in [1.807, 2.05) is 12.1 Å². The second-order valence-corrected chi connectivity index (χ2v) is 7.23. The second-order valence-electron chi connectivity index (χ2n) is 7.23. The SMILES string of the molecule is CC(C)(C)N1C[C@H](C(=O)O)[C@@H](c2ccc3ccccc3c2)C1. The van der Waals surface area contributed by atoms with E-state index in [-0.39, 0.29) is 17.4 Å². The standard InChI is InChI=1S/C19H23NO2/c1-19(2,3)20-11-16(17(12-20)18(21)22)15-9-8-13-6-4-5-7-14(13)10-15/h4-10,16-17H,11-12H2,1-3H3,(H,21,22)/t16-,17+/m1/s1. The van der Waals surface area contributed by atoms with Crippen LogP contribution in [-0.4, -0.2) is 34.6 Å². The van der Waals surface area contributed by atoms with Gasteiger partial charge in [0, 0.05) is 24.5 Å². The number of benzene rings is 2. The summed E-state index contributed by atoms with van der Waals surface area (Å²) in [6, 6.07) is 14.6. The van der Waals surface area contributed by atoms with Crippen molar-refractivity contribution in [2.24, 2.45) is 5.92 Å². The Morgan fingerprint density at radius 3 is 2.41 bits per heavy atom. The van der Waals surface area contributed by atoms with Gasteiger partial charge in [-0.25, -0.2) is 0 Å². The predicted molar refractivity (Wildman–Crippen MR) is 89.1 cm³/mol. The zero-order valence-electron chi connectivity index (χ0n) is 13.4. The van der Waals surface area contributed by atoms with Crippen LogP contribution in [0.2, 0.25) is 0 Å². The Kier molecular flexibility index (Phi) is 3.69. The molecular weight excluding hydrogens is 274 g/mol. The van der Waals surface area contributed by atoms with Gasteiger partial charge in [0.05, 0.1) is 5.92 Å². The van der Waals surface area contributed by atoms with Gasteiger partial charge in [-0.15, -0.1) is 0 Å². The van der Waals surface area contributed by atoms with Crippen LogP contribution >= 0.6 is 0 Å². The summed E-state index contributed by atoms with van der Waals surface area (Å²) in [5.41, 5.74) is 1.14. The molecule has 3 heteroatoms. The summed E-state index contributed by atoms with van der Waals surface area (Å²) in [7, 11) is 0. The first-order chi connectivity index (χ1) is 10.4. The number of carbonyl (C=O) groups is 1. The molecule has 1 aliphatic heterocycles. The first-order valence-corrected chi connectivity index (χ1v) is 7.83. The minimum absolute atomic E-state index is 0.000696. The smallest absolute Gasteiger partial charge is 0.308 e. The maximum Gasteiger partial charge on any atom is 0.308 e. The largest absolute Gasteiger partial charge is 0.481 e. The average Bonchev–Trinajstić information content (AvgIpc) is 2.92. The fraction of sp³-hybridized carbons (Fsp3) is 0.421. The summed E-state index contributed by atoms with van der Waals surface area (Å²) in [4.78, 5) is 14.0. The predicted octanol–water partition coefficient (Wildman–Crippen LogP) is 3.74. The van der Waals surface area contributed by atoms with Crippen LogP contribution in [0.1, 0.15) is 32.3 Å². The number of rotatable bonds is 2. The second kappa shape index (κ2) is 5.40. The van der Waals surface area contributed by atoms with E-state index in [0.717, 1.165) is 12.1 Å². The highest BCUT2D eigenvalue weighted by Crippen LogP contribution is 2.37. The molecule has 0 radical (unpaired) electrons. The van der Waals surface area contributed by atoms with E-state index in [2.05, 4.69) is 56.0 Å². The molecular formula is C19H23NO2. The lowest BCUT2D eigenvalue weighted by Crippen LogP contribution is -2.40. The summed E-state index contributed by atoms with van der Waals surface area (Å²) >= 11 is 0. The third kappa shape index (κ3) is 2.73. The fourth-order valence-corrected chi connectivity index (χ4v) is 3.38. The van der Waals surface area contributed by atoms with Crippen molar-refractivity contribution in [1.29, 1.82) is 0 Å². The lowest BCUT2D eigenvalue weighted by Gasteiger charge is -2.31. The molecule has 1 heterocycles. The number of fused-ring (bicyclic) bond motifs is 1. The van der Waals surface area contributed by atoms with E-state index < -0.39 is 5.97 Å². The van der Waals surface area contributed by atoms with Crippen molar-refractivity contribution in [2.75, 3.05) is 13.1 Å². The molecule has 2 aromatic carbocycles. The number of likely N-dealkylation sites (tertiary alicyclic amines) is 1. The van der Waals surface area contributed by atoms with Crippen LogP contribution in [0, 0.1) is 5.92 Å². The molecule has 0 saturated carbocycles. The van der Waals surface area contributed by atoms with Crippen molar-refractivity contribution in [3.05, 3.63) is 48.0 Å². The first-order valence-electron chi connectivity index (χ1n) is 7.83. The minimum Gasteiger partial charge on any atom is -0.481 e. The molecule has 3 rings (SSSR count). The third-order valence-corrected chi connectivity index (χ3v) is 4.79. The Labute approximate surface area is 131 Å². The molecule has 1 aliphatic rings. The van der Waals surface area contributed by atoms with Crippen LogP contribution in [0.5, 0.6) is 0 Å². The van der Waals surface area contributed by atoms with Crippen LogP contribution in [0.4, 0.5) is 0 Å². The van der Waals surface area contributed by atoms with Crippen LogP contribution in [0.3, 0.4) is 0 Å². The van der Waals surface area contributed by atoms with Gasteiger partial charge in [-0.1, -0.05) is 42.5 Å². The molecule has 2 aromatic rings. The zero-order chi connectivity index (χ0) is 15.9. The van der Waals surface area contributed by atoms with Gasteiger partial charge < -0.3 is 5.11 Å². The maximum absolute atomic E-state index is 11.7. The fourth-order valence-electron chi connectivity index (χ4n) is 3.38. The van der Waals surface area contributed by atoms with Gasteiger partial charge in [0.15, 0.2) is 0 Å². The lowest BCUT2D eigenvalue weighted by atomic mass is 9.88. The van der Waals surface area contributed by atoms with Crippen LogP contribution in [-0.2, 0) is 4.79 Å². The Bertz CT molecular complexity index is 702. The lowest BCUT2D eigenvalue weighted by molar-refractivity contribution is -0.141. The number of carboxylic acids is 1. The molecule has 0 spiro atoms. The number of nitrogens with zero attached hydrogens (tertiary/aromatic N) is 1. The number of aliphatic carboxylic acids is 1. The molecule has 1 saturated heterocycles. The van der Waals surface area contributed by atoms with Crippen LogP contribution < -0.4 is 0 Å². The van der Waals surface area contributed by atoms with Gasteiger partial charge in [-0.05, 0) is 37.1 Å². The molecule has 116 valence electrons. The molecule has 1 N–H and O–H groups in total. The van der Waals surface area contributed by atoms with Crippen LogP contribution in [0.15, 0.2) is 42.5 Å². The zero-order valence-corrected chi connectivity index (χ0v) is 13.4. The molecule has 0 aromatic heterocycles. The van der Waals surface area contributed by atoms with E-state index in [1.54, 1.807) is 0 Å². The Morgan fingerprint density at radius 2 is 1.77 bits per heavy atom. The topological polar surface area (TPSA) is 40.5 Å². The normalized spacial score (nSPS) is 23.0. The molecule has 0 amide bonds. The van der Waals surface area contributed by atoms with Crippen LogP contribution in [0.25, 0.3) is 10.8 Å². The third-order valence-electron chi connectivity index (χ3n) is 4.79. The highest BCUT2D eigenvalue weighted by Gasteiger charge is 2.42. The monoisotopic (exact) mass is 297 g/mol. The summed E-state index contributed by atoms with van der Waals surface area (Å²) < 4.78 is 0. The van der Waals surface area contributed by atoms with Gasteiger partial charge in [-0.2, -0.15) is 0 Å². The quantitative estimate of drug-likeness (QED) is 0.918. The number of hydrogen-bond donors (Lipinski definition) is 1. The summed E-state index contributed by atoms with van der Waals surface area (Å²) in [6.07, 6.45) is 0. The number of hydrogen-bond acceptors (Lipinski definition) is 2. The van der Waals surface area contributed by atoms with Gasteiger partial charge in [-0.3, -0.25) is 9.69 Å². The van der Waals surface area contributed by atoms with Gasteiger partial charge in [0.25, 0.3) is 0 Å². The average molecular weight is 297 g/mol. The molecule has 2 atom stereocenters. The Balaban J connectivity index is 1.97. The van der Waals surface area contributed by atoms with Crippen molar-refractivity contribution in [1.82, 2.24) is 4.90 Å². The van der Waals surface area contributed by atoms with Gasteiger partial charge >= 0.3 is 5.97 Å². The van der Waals surface area contributed by atoms with E-state index >= 15 is 0 Å². The summed E-state index contributed by atoms with van der Waals surface area (Å²) in [5.74, 6) is -0.966. The summed E-state index contributed by atoms with van der Waals surface area (Å²) in [6.45, 7) is 7.87. The van der Waals surface area contributed by atoms with Gasteiger partial charge in [0.1, 0.15) is 0 Å². The van der Waals surface area contributed by atoms with Crippen molar-refractivity contribution in [2.45, 2.75) is 32.2 Å². The van der Waals surface area contributed by atoms with Gasteiger partial charge in [0.2, 0.25) is 0 Å². The molecule has 0 unspecified atom stereocenters. The van der Waals surface area contributed by atoms with E-state index in [1.165, 1.54) is 10.8 Å². The maximum atomic E-state index is 11.7. The Hall–Kier alpha value is -1.87. The highest BCUT2D eigenvalue weighted by atomic mass is 16.4.